The zero-order chi connectivity index (χ0) is 29.1. The molecule has 9 nitrogen and oxygen atoms in total. The number of nitrogens with zero attached hydrogens (tertiary/aromatic N) is 2. The SMILES string of the molecule is Cc1ccc(F)cc1Nc1nc2ccc(CC(=O)COC(C)(OC3CCC(C(=O)O)CC3)N3CCCC3)c(F)c2o1. The molecule has 2 aromatic carbocycles. The number of fused-ring (bicyclic) bond motifs is 1. The van der Waals surface area contributed by atoms with Crippen LogP contribution < -0.4 is 5.32 Å². The number of ether oxygens (including phenoxy) is 2. The van der Waals surface area contributed by atoms with Gasteiger partial charge < -0.3 is 24.3 Å². The van der Waals surface area contributed by atoms with Crippen molar-refractivity contribution < 1.29 is 37.4 Å². The fourth-order valence-corrected chi connectivity index (χ4v) is 5.57. The van der Waals surface area contributed by atoms with Crippen molar-refractivity contribution in [2.45, 2.75) is 70.8 Å². The number of aliphatic carboxylic acids is 1. The van der Waals surface area contributed by atoms with E-state index in [1.165, 1.54) is 18.2 Å². The van der Waals surface area contributed by atoms with Gasteiger partial charge in [0, 0.05) is 32.1 Å². The molecule has 220 valence electrons. The molecule has 0 radical (unpaired) electrons. The zero-order valence-corrected chi connectivity index (χ0v) is 23.3. The molecule has 0 bridgehead atoms. The van der Waals surface area contributed by atoms with Crippen LogP contribution in [0.3, 0.4) is 0 Å². The van der Waals surface area contributed by atoms with Gasteiger partial charge in [-0.25, -0.2) is 8.78 Å². The molecule has 1 aliphatic heterocycles. The molecule has 11 heteroatoms. The number of carboxylic acid groups (broad SMARTS) is 1. The largest absolute Gasteiger partial charge is 0.481 e. The van der Waals surface area contributed by atoms with Crippen molar-refractivity contribution in [3.63, 3.8) is 0 Å². The van der Waals surface area contributed by atoms with Gasteiger partial charge in [-0.05, 0) is 74.8 Å². The monoisotopic (exact) mass is 571 g/mol. The molecule has 2 N–H and O–H groups in total. The summed E-state index contributed by atoms with van der Waals surface area (Å²) < 4.78 is 47.0. The van der Waals surface area contributed by atoms with Crippen molar-refractivity contribution in [1.29, 1.82) is 0 Å². The highest BCUT2D eigenvalue weighted by molar-refractivity contribution is 5.84. The lowest BCUT2D eigenvalue weighted by Crippen LogP contribution is -2.52. The van der Waals surface area contributed by atoms with Crippen molar-refractivity contribution in [2.24, 2.45) is 5.92 Å². The van der Waals surface area contributed by atoms with Crippen LogP contribution in [0.25, 0.3) is 11.1 Å². The molecule has 3 aromatic rings. The molecule has 1 unspecified atom stereocenters. The number of aryl methyl sites for hydroxylation is 1. The number of carbonyl (C=O) groups excluding carboxylic acids is 1. The summed E-state index contributed by atoms with van der Waals surface area (Å²) in [5.74, 6) is -3.74. The topological polar surface area (TPSA) is 114 Å². The molecule has 2 heterocycles. The summed E-state index contributed by atoms with van der Waals surface area (Å²) in [6.45, 7) is 4.83. The summed E-state index contributed by atoms with van der Waals surface area (Å²) in [6.07, 6.45) is 3.88. The Morgan fingerprint density at radius 3 is 2.59 bits per heavy atom. The molecule has 1 aliphatic carbocycles. The second-order valence-corrected chi connectivity index (χ2v) is 11.0. The van der Waals surface area contributed by atoms with Crippen LogP contribution in [-0.2, 0) is 25.5 Å². The van der Waals surface area contributed by atoms with E-state index in [-0.39, 0.29) is 53.5 Å². The molecule has 1 aromatic heterocycles. The third-order valence-corrected chi connectivity index (χ3v) is 8.00. The number of oxazole rings is 1. The number of Topliss-reactive ketones (excluding diaryl/α,β-unsaturated/α-hetero) is 1. The van der Waals surface area contributed by atoms with E-state index in [1.54, 1.807) is 26.0 Å². The summed E-state index contributed by atoms with van der Waals surface area (Å²) in [7, 11) is 0. The van der Waals surface area contributed by atoms with Gasteiger partial charge in [0.25, 0.3) is 6.01 Å². The van der Waals surface area contributed by atoms with Gasteiger partial charge in [-0.3, -0.25) is 14.5 Å². The van der Waals surface area contributed by atoms with E-state index in [9.17, 15) is 19.1 Å². The molecule has 1 saturated heterocycles. The predicted octanol–water partition coefficient (Wildman–Crippen LogP) is 5.72. The van der Waals surface area contributed by atoms with Crippen LogP contribution in [0.15, 0.2) is 34.7 Å². The molecule has 2 fully saturated rings. The van der Waals surface area contributed by atoms with Crippen LogP contribution in [0, 0.1) is 24.5 Å². The van der Waals surface area contributed by atoms with Gasteiger partial charge in [-0.1, -0.05) is 12.1 Å². The smallest absolute Gasteiger partial charge is 0.306 e. The first-order chi connectivity index (χ1) is 19.6. The quantitative estimate of drug-likeness (QED) is 0.279. The van der Waals surface area contributed by atoms with Crippen LogP contribution in [0.2, 0.25) is 0 Å². The number of rotatable bonds is 11. The van der Waals surface area contributed by atoms with Crippen LogP contribution >= 0.6 is 0 Å². The Hall–Kier alpha value is -3.41. The Morgan fingerprint density at radius 2 is 1.88 bits per heavy atom. The summed E-state index contributed by atoms with van der Waals surface area (Å²) in [4.78, 5) is 30.6. The van der Waals surface area contributed by atoms with Crippen LogP contribution in [-0.4, -0.2) is 58.5 Å². The minimum atomic E-state index is -1.14. The average molecular weight is 572 g/mol. The van der Waals surface area contributed by atoms with Gasteiger partial charge in [0.2, 0.25) is 5.91 Å². The predicted molar refractivity (Wildman–Crippen MR) is 147 cm³/mol. The van der Waals surface area contributed by atoms with Crippen LogP contribution in [0.1, 0.15) is 56.6 Å². The maximum Gasteiger partial charge on any atom is 0.306 e. The summed E-state index contributed by atoms with van der Waals surface area (Å²) in [6, 6.07) is 7.31. The van der Waals surface area contributed by atoms with E-state index in [2.05, 4.69) is 15.2 Å². The van der Waals surface area contributed by atoms with Gasteiger partial charge in [-0.15, -0.1) is 0 Å². The van der Waals surface area contributed by atoms with Crippen molar-refractivity contribution in [2.75, 3.05) is 25.0 Å². The van der Waals surface area contributed by atoms with Gasteiger partial charge in [0.15, 0.2) is 17.2 Å². The maximum atomic E-state index is 15.4. The first-order valence-corrected chi connectivity index (χ1v) is 14.0. The molecule has 1 saturated carbocycles. The molecule has 5 rings (SSSR count). The van der Waals surface area contributed by atoms with Gasteiger partial charge >= 0.3 is 5.97 Å². The van der Waals surface area contributed by atoms with Crippen molar-refractivity contribution in [3.05, 3.63) is 53.1 Å². The Labute approximate surface area is 236 Å². The number of anilines is 2. The number of carboxylic acids is 1. The molecule has 2 aliphatic rings. The first kappa shape index (κ1) is 29.1. The number of hydrogen-bond acceptors (Lipinski definition) is 8. The summed E-state index contributed by atoms with van der Waals surface area (Å²) >= 11 is 0. The highest BCUT2D eigenvalue weighted by Crippen LogP contribution is 2.33. The van der Waals surface area contributed by atoms with Crippen LogP contribution in [0.5, 0.6) is 0 Å². The standard InChI is InChI=1S/C30H35F2N3O6/c1-18-5-9-21(31)16-25(18)34-29-33-24-12-8-20(26(32)27(24)40-29)15-22(36)17-39-30(2,35-13-3-4-14-35)41-23-10-6-19(7-11-23)28(37)38/h5,8-9,12,16,19,23H,3-4,6-7,10-11,13-15,17H2,1-2H3,(H,33,34)(H,37,38). The molecule has 0 amide bonds. The Bertz CT molecular complexity index is 1410. The number of hydrogen-bond donors (Lipinski definition) is 2. The zero-order valence-electron chi connectivity index (χ0n) is 23.3. The Kier molecular flexibility index (Phi) is 8.67. The van der Waals surface area contributed by atoms with Crippen LogP contribution in [0.4, 0.5) is 20.5 Å². The lowest BCUT2D eigenvalue weighted by atomic mass is 9.87. The number of nitrogens with one attached hydrogen (secondary N) is 1. The number of carbonyl (C=O) groups is 2. The number of ketones is 1. The highest BCUT2D eigenvalue weighted by Gasteiger charge is 2.40. The van der Waals surface area contributed by atoms with Crippen molar-refractivity contribution in [1.82, 2.24) is 9.88 Å². The number of aromatic nitrogens is 1. The van der Waals surface area contributed by atoms with Gasteiger partial charge in [0.05, 0.1) is 12.0 Å². The van der Waals surface area contributed by atoms with Crippen molar-refractivity contribution in [3.8, 4) is 0 Å². The molecular weight excluding hydrogens is 536 g/mol. The lowest BCUT2D eigenvalue weighted by molar-refractivity contribution is -0.320. The second-order valence-electron chi connectivity index (χ2n) is 11.0. The van der Waals surface area contributed by atoms with Gasteiger partial charge in [0.1, 0.15) is 17.9 Å². The Balaban J connectivity index is 1.23. The fraction of sp³-hybridized carbons (Fsp3) is 0.500. The van der Waals surface area contributed by atoms with E-state index in [0.717, 1.165) is 31.5 Å². The number of halogens is 2. The van der Waals surface area contributed by atoms with Gasteiger partial charge in [-0.2, -0.15) is 4.98 Å². The molecule has 1 atom stereocenters. The fourth-order valence-electron chi connectivity index (χ4n) is 5.57. The maximum absolute atomic E-state index is 15.4. The normalized spacial score (nSPS) is 21.2. The third kappa shape index (κ3) is 6.74. The molecule has 41 heavy (non-hydrogen) atoms. The highest BCUT2D eigenvalue weighted by atomic mass is 19.1. The van der Waals surface area contributed by atoms with E-state index >= 15 is 4.39 Å². The Morgan fingerprint density at radius 1 is 1.15 bits per heavy atom. The molecule has 0 spiro atoms. The molecular formula is C30H35F2N3O6. The van der Waals surface area contributed by atoms with E-state index in [4.69, 9.17) is 13.9 Å². The summed E-state index contributed by atoms with van der Waals surface area (Å²) in [5, 5.41) is 12.2. The van der Waals surface area contributed by atoms with E-state index in [0.29, 0.717) is 31.4 Å². The summed E-state index contributed by atoms with van der Waals surface area (Å²) in [5.41, 5.74) is 1.52. The third-order valence-electron chi connectivity index (χ3n) is 8.00. The van der Waals surface area contributed by atoms with Crippen molar-refractivity contribution >= 4 is 34.6 Å². The number of benzene rings is 2. The second kappa shape index (κ2) is 12.2. The van der Waals surface area contributed by atoms with E-state index < -0.39 is 23.5 Å². The van der Waals surface area contributed by atoms with E-state index in [1.807, 2.05) is 0 Å². The number of likely N-dealkylation sites (tertiary alicyclic amines) is 1. The minimum absolute atomic E-state index is 0.00956. The minimum Gasteiger partial charge on any atom is -0.481 e. The average Bonchev–Trinajstić information content (AvgIpc) is 3.63. The first-order valence-electron chi connectivity index (χ1n) is 14.0. The lowest BCUT2D eigenvalue weighted by Gasteiger charge is -2.41.